The van der Waals surface area contributed by atoms with Crippen LogP contribution >= 0.6 is 0 Å². The molecule has 7 heteroatoms. The number of furan rings is 1. The van der Waals surface area contributed by atoms with Crippen LogP contribution in [0.3, 0.4) is 0 Å². The van der Waals surface area contributed by atoms with Crippen molar-refractivity contribution in [1.82, 2.24) is 10.6 Å². The van der Waals surface area contributed by atoms with Gasteiger partial charge in [0.15, 0.2) is 15.8 Å². The first-order valence-corrected chi connectivity index (χ1v) is 10.6. The average Bonchev–Trinajstić information content (AvgIpc) is 3.07. The van der Waals surface area contributed by atoms with E-state index < -0.39 is 9.84 Å². The van der Waals surface area contributed by atoms with Crippen molar-refractivity contribution < 1.29 is 12.8 Å². The summed E-state index contributed by atoms with van der Waals surface area (Å²) in [5.41, 5.74) is 1.93. The van der Waals surface area contributed by atoms with Crippen LogP contribution < -0.4 is 10.6 Å². The Labute approximate surface area is 159 Å². The lowest BCUT2D eigenvalue weighted by Gasteiger charge is -2.11. The molecule has 0 spiro atoms. The quantitative estimate of drug-likeness (QED) is 0.504. The van der Waals surface area contributed by atoms with Crippen molar-refractivity contribution >= 4 is 26.8 Å². The lowest BCUT2D eigenvalue weighted by atomic mass is 10.1. The molecule has 3 rings (SSSR count). The van der Waals surface area contributed by atoms with Crippen molar-refractivity contribution in [2.75, 3.05) is 19.8 Å². The predicted molar refractivity (Wildman–Crippen MR) is 108 cm³/mol. The van der Waals surface area contributed by atoms with E-state index in [4.69, 9.17) is 4.42 Å². The molecular formula is C20H23N3O3S. The van der Waals surface area contributed by atoms with Crippen molar-refractivity contribution in [3.8, 4) is 0 Å². The summed E-state index contributed by atoms with van der Waals surface area (Å²) in [6.45, 7) is 1.22. The summed E-state index contributed by atoms with van der Waals surface area (Å²) >= 11 is 0. The van der Waals surface area contributed by atoms with E-state index in [1.54, 1.807) is 19.2 Å². The minimum absolute atomic E-state index is 0.336. The minimum atomic E-state index is -3.15. The molecule has 1 heterocycles. The first-order chi connectivity index (χ1) is 13.0. The van der Waals surface area contributed by atoms with E-state index in [1.165, 1.54) is 6.26 Å². The number of guanidine groups is 1. The number of nitrogens with one attached hydrogen (secondary N) is 2. The van der Waals surface area contributed by atoms with Gasteiger partial charge in [-0.25, -0.2) is 8.42 Å². The van der Waals surface area contributed by atoms with Gasteiger partial charge >= 0.3 is 0 Å². The van der Waals surface area contributed by atoms with Gasteiger partial charge in [-0.05, 0) is 36.2 Å². The second kappa shape index (κ2) is 8.26. The van der Waals surface area contributed by atoms with E-state index in [0.717, 1.165) is 28.7 Å². The molecule has 0 bridgehead atoms. The summed E-state index contributed by atoms with van der Waals surface area (Å²) < 4.78 is 28.8. The van der Waals surface area contributed by atoms with E-state index in [9.17, 15) is 8.42 Å². The monoisotopic (exact) mass is 385 g/mol. The molecule has 0 unspecified atom stereocenters. The van der Waals surface area contributed by atoms with Crippen LogP contribution in [0.25, 0.3) is 11.0 Å². The molecule has 3 aromatic rings. The van der Waals surface area contributed by atoms with Gasteiger partial charge in [0.25, 0.3) is 0 Å². The Kier molecular flexibility index (Phi) is 5.81. The normalized spacial score (nSPS) is 12.3. The van der Waals surface area contributed by atoms with Gasteiger partial charge in [-0.1, -0.05) is 30.3 Å². The zero-order valence-electron chi connectivity index (χ0n) is 15.4. The highest BCUT2D eigenvalue weighted by Gasteiger charge is 2.07. The largest absolute Gasteiger partial charge is 0.459 e. The maximum absolute atomic E-state index is 11.5. The molecule has 1 aromatic heterocycles. The third kappa shape index (κ3) is 5.10. The third-order valence-electron chi connectivity index (χ3n) is 4.19. The number of aliphatic imine (C=N–C) groups is 1. The molecule has 0 aliphatic heterocycles. The van der Waals surface area contributed by atoms with Crippen molar-refractivity contribution in [3.05, 3.63) is 65.9 Å². The number of benzene rings is 2. The van der Waals surface area contributed by atoms with Crippen LogP contribution in [0.5, 0.6) is 0 Å². The maximum atomic E-state index is 11.5. The summed E-state index contributed by atoms with van der Waals surface area (Å²) in [7, 11) is -1.44. The molecule has 0 fully saturated rings. The highest BCUT2D eigenvalue weighted by molar-refractivity contribution is 7.90. The lowest BCUT2D eigenvalue weighted by Crippen LogP contribution is -2.37. The van der Waals surface area contributed by atoms with Crippen LogP contribution in [-0.4, -0.2) is 34.2 Å². The van der Waals surface area contributed by atoms with E-state index >= 15 is 0 Å². The highest BCUT2D eigenvalue weighted by Crippen LogP contribution is 2.18. The van der Waals surface area contributed by atoms with Gasteiger partial charge in [-0.3, -0.25) is 4.99 Å². The van der Waals surface area contributed by atoms with Crippen LogP contribution in [0.4, 0.5) is 0 Å². The lowest BCUT2D eigenvalue weighted by molar-refractivity contribution is 0.538. The van der Waals surface area contributed by atoms with E-state index in [2.05, 4.69) is 15.6 Å². The fourth-order valence-corrected chi connectivity index (χ4v) is 3.37. The molecule has 0 amide bonds. The Morgan fingerprint density at radius 3 is 2.48 bits per heavy atom. The third-order valence-corrected chi connectivity index (χ3v) is 5.32. The van der Waals surface area contributed by atoms with Gasteiger partial charge in [0, 0.05) is 25.2 Å². The molecule has 27 heavy (non-hydrogen) atoms. The van der Waals surface area contributed by atoms with Crippen LogP contribution in [0.15, 0.2) is 68.9 Å². The molecular weight excluding hydrogens is 362 g/mol. The van der Waals surface area contributed by atoms with E-state index in [0.29, 0.717) is 23.9 Å². The van der Waals surface area contributed by atoms with Crippen molar-refractivity contribution in [1.29, 1.82) is 0 Å². The number of nitrogens with zero attached hydrogens (tertiary/aromatic N) is 1. The minimum Gasteiger partial charge on any atom is -0.459 e. The second-order valence-electron chi connectivity index (χ2n) is 6.27. The van der Waals surface area contributed by atoms with E-state index in [1.807, 2.05) is 42.5 Å². The molecule has 0 aliphatic carbocycles. The number of hydrogen-bond donors (Lipinski definition) is 2. The highest BCUT2D eigenvalue weighted by atomic mass is 32.2. The molecule has 0 atom stereocenters. The SMILES string of the molecule is CN=C(NCCc1ccc(S(C)(=O)=O)cc1)NCc1cc2ccccc2o1. The van der Waals surface area contributed by atoms with Crippen molar-refractivity contribution in [2.45, 2.75) is 17.9 Å². The number of hydrogen-bond acceptors (Lipinski definition) is 4. The van der Waals surface area contributed by atoms with Gasteiger partial charge in [0.1, 0.15) is 11.3 Å². The predicted octanol–water partition coefficient (Wildman–Crippen LogP) is 2.74. The smallest absolute Gasteiger partial charge is 0.191 e. The molecule has 0 saturated carbocycles. The van der Waals surface area contributed by atoms with Gasteiger partial charge in [-0.2, -0.15) is 0 Å². The zero-order valence-corrected chi connectivity index (χ0v) is 16.2. The standard InChI is InChI=1S/C20H23N3O3S/c1-21-20(23-14-17-13-16-5-3-4-6-19(16)26-17)22-12-11-15-7-9-18(10-8-15)27(2,24)25/h3-10,13H,11-12,14H2,1-2H3,(H2,21,22,23). The Balaban J connectivity index is 1.49. The topological polar surface area (TPSA) is 83.7 Å². The molecule has 0 radical (unpaired) electrons. The first kappa shape index (κ1) is 19.0. The van der Waals surface area contributed by atoms with E-state index in [-0.39, 0.29) is 0 Å². The number of para-hydroxylation sites is 1. The number of rotatable bonds is 6. The van der Waals surface area contributed by atoms with Crippen molar-refractivity contribution in [3.63, 3.8) is 0 Å². The summed E-state index contributed by atoms with van der Waals surface area (Å²) in [5, 5.41) is 7.55. The molecule has 2 N–H and O–H groups in total. The molecule has 2 aromatic carbocycles. The molecule has 6 nitrogen and oxygen atoms in total. The summed E-state index contributed by atoms with van der Waals surface area (Å²) in [6, 6.07) is 16.9. The van der Waals surface area contributed by atoms with Gasteiger partial charge in [0.05, 0.1) is 11.4 Å². The molecule has 142 valence electrons. The Morgan fingerprint density at radius 2 is 1.81 bits per heavy atom. The Bertz CT molecular complexity index is 1000. The number of sulfone groups is 1. The summed E-state index contributed by atoms with van der Waals surface area (Å²) in [6.07, 6.45) is 1.97. The molecule has 0 saturated heterocycles. The number of fused-ring (bicyclic) bond motifs is 1. The van der Waals surface area contributed by atoms with Crippen molar-refractivity contribution in [2.24, 2.45) is 4.99 Å². The maximum Gasteiger partial charge on any atom is 0.191 e. The fraction of sp³-hybridized carbons (Fsp3) is 0.250. The van der Waals surface area contributed by atoms with Gasteiger partial charge in [0.2, 0.25) is 0 Å². The van der Waals surface area contributed by atoms with Gasteiger partial charge in [-0.15, -0.1) is 0 Å². The Morgan fingerprint density at radius 1 is 1.07 bits per heavy atom. The summed E-state index contributed by atoms with van der Waals surface area (Å²) in [5.74, 6) is 1.53. The van der Waals surface area contributed by atoms with Crippen LogP contribution in [-0.2, 0) is 22.8 Å². The van der Waals surface area contributed by atoms with Crippen LogP contribution in [0.2, 0.25) is 0 Å². The fourth-order valence-electron chi connectivity index (χ4n) is 2.74. The second-order valence-corrected chi connectivity index (χ2v) is 8.28. The zero-order chi connectivity index (χ0) is 19.3. The van der Waals surface area contributed by atoms with Crippen LogP contribution in [0.1, 0.15) is 11.3 Å². The van der Waals surface area contributed by atoms with Gasteiger partial charge < -0.3 is 15.1 Å². The summed E-state index contributed by atoms with van der Waals surface area (Å²) in [4.78, 5) is 4.54. The van der Waals surface area contributed by atoms with Crippen LogP contribution in [0, 0.1) is 0 Å². The first-order valence-electron chi connectivity index (χ1n) is 8.67. The Hall–Kier alpha value is -2.80. The molecule has 0 aliphatic rings. The average molecular weight is 385 g/mol.